The van der Waals surface area contributed by atoms with Gasteiger partial charge in [-0.1, -0.05) is 26.8 Å². The predicted molar refractivity (Wildman–Crippen MR) is 110 cm³/mol. The molecule has 3 rings (SSSR count). The van der Waals surface area contributed by atoms with E-state index in [0.717, 1.165) is 22.4 Å². The topological polar surface area (TPSA) is 31.4 Å². The van der Waals surface area contributed by atoms with Crippen LogP contribution in [0.25, 0.3) is 0 Å². The quantitative estimate of drug-likeness (QED) is 0.641. The maximum absolute atomic E-state index is 13.8. The van der Waals surface area contributed by atoms with Crippen molar-refractivity contribution in [3.8, 4) is 0 Å². The summed E-state index contributed by atoms with van der Waals surface area (Å²) in [6.45, 7) is 16.6. The van der Waals surface area contributed by atoms with E-state index >= 15 is 0 Å². The van der Waals surface area contributed by atoms with Gasteiger partial charge in [0.05, 0.1) is 11.2 Å². The van der Waals surface area contributed by atoms with E-state index in [1.807, 2.05) is 27.7 Å². The molecule has 0 radical (unpaired) electrons. The first-order valence-corrected chi connectivity index (χ1v) is 10.4. The zero-order chi connectivity index (χ0) is 21.1. The average molecular weight is 393 g/mol. The highest BCUT2D eigenvalue weighted by atomic mass is 19.3. The molecule has 0 bridgehead atoms. The molecule has 6 heteroatoms. The number of alkyl halides is 2. The third-order valence-corrected chi connectivity index (χ3v) is 6.59. The van der Waals surface area contributed by atoms with Crippen LogP contribution in [0.5, 0.6) is 0 Å². The Labute approximate surface area is 168 Å². The molecule has 2 fully saturated rings. The smallest absolute Gasteiger partial charge is 0.399 e. The van der Waals surface area contributed by atoms with E-state index in [2.05, 4.69) is 33.8 Å². The zero-order valence-electron chi connectivity index (χ0n) is 18.6. The second kappa shape index (κ2) is 6.77. The standard InChI is InChI=1S/C22H34BF2NO2/c1-14-13-16(23-27-20(5,6)21(7,8)28-23)17(26-18(14)19(2,3)4)15-9-11-22(24,25)12-10-15/h13,15H,9-12H2,1-8H3. The molecule has 0 atom stereocenters. The number of halogens is 2. The molecule has 1 aliphatic carbocycles. The number of hydrogen-bond acceptors (Lipinski definition) is 3. The molecule has 1 aromatic rings. The van der Waals surface area contributed by atoms with Crippen LogP contribution < -0.4 is 5.46 Å². The summed E-state index contributed by atoms with van der Waals surface area (Å²) in [6.07, 6.45) is 0.722. The first-order valence-electron chi connectivity index (χ1n) is 10.4. The monoisotopic (exact) mass is 393 g/mol. The highest BCUT2D eigenvalue weighted by Gasteiger charge is 2.53. The molecule has 0 N–H and O–H groups in total. The molecule has 156 valence electrons. The predicted octanol–water partition coefficient (Wildman–Crippen LogP) is 5.28. The fraction of sp³-hybridized carbons (Fsp3) is 0.773. The van der Waals surface area contributed by atoms with Gasteiger partial charge in [0.1, 0.15) is 0 Å². The van der Waals surface area contributed by atoms with Crippen LogP contribution in [0.4, 0.5) is 8.78 Å². The summed E-state index contributed by atoms with van der Waals surface area (Å²) < 4.78 is 40.1. The summed E-state index contributed by atoms with van der Waals surface area (Å²) in [6, 6.07) is 2.11. The van der Waals surface area contributed by atoms with E-state index in [9.17, 15) is 8.78 Å². The van der Waals surface area contributed by atoms with Gasteiger partial charge in [-0.15, -0.1) is 0 Å². The molecule has 0 spiro atoms. The molecule has 28 heavy (non-hydrogen) atoms. The van der Waals surface area contributed by atoms with Crippen LogP contribution in [0.15, 0.2) is 6.07 Å². The van der Waals surface area contributed by atoms with E-state index in [0.29, 0.717) is 12.8 Å². The summed E-state index contributed by atoms with van der Waals surface area (Å²) >= 11 is 0. The molecule has 2 heterocycles. The molecule has 0 unspecified atom stereocenters. The molecule has 0 amide bonds. The van der Waals surface area contributed by atoms with E-state index in [-0.39, 0.29) is 24.2 Å². The van der Waals surface area contributed by atoms with Crippen LogP contribution in [0.2, 0.25) is 0 Å². The van der Waals surface area contributed by atoms with E-state index in [1.165, 1.54) is 0 Å². The number of pyridine rings is 1. The molecule has 1 aromatic heterocycles. The van der Waals surface area contributed by atoms with Crippen molar-refractivity contribution in [2.75, 3.05) is 0 Å². The van der Waals surface area contributed by atoms with Gasteiger partial charge in [-0.3, -0.25) is 4.98 Å². The van der Waals surface area contributed by atoms with Crippen LogP contribution in [0.3, 0.4) is 0 Å². The van der Waals surface area contributed by atoms with Crippen LogP contribution in [-0.2, 0) is 14.7 Å². The SMILES string of the molecule is Cc1cc(B2OC(C)(C)C(C)(C)O2)c(C2CCC(F)(F)CC2)nc1C(C)(C)C. The van der Waals surface area contributed by atoms with E-state index in [1.54, 1.807) is 0 Å². The van der Waals surface area contributed by atoms with Crippen LogP contribution in [0, 0.1) is 6.92 Å². The number of hydrogen-bond donors (Lipinski definition) is 0. The lowest BCUT2D eigenvalue weighted by atomic mass is 9.71. The number of rotatable bonds is 2. The van der Waals surface area contributed by atoms with Gasteiger partial charge in [0.25, 0.3) is 0 Å². The lowest BCUT2D eigenvalue weighted by Crippen LogP contribution is -2.41. The lowest BCUT2D eigenvalue weighted by Gasteiger charge is -2.32. The van der Waals surface area contributed by atoms with Gasteiger partial charge in [-0.05, 0) is 53.0 Å². The number of aromatic nitrogens is 1. The van der Waals surface area contributed by atoms with Crippen molar-refractivity contribution in [1.29, 1.82) is 0 Å². The third kappa shape index (κ3) is 4.00. The summed E-state index contributed by atoms with van der Waals surface area (Å²) in [7, 11) is -0.525. The molecule has 1 aliphatic heterocycles. The second-order valence-electron chi connectivity index (χ2n) is 10.6. The van der Waals surface area contributed by atoms with Gasteiger partial charge in [-0.25, -0.2) is 8.78 Å². The molecule has 1 saturated heterocycles. The fourth-order valence-corrected chi connectivity index (χ4v) is 4.21. The van der Waals surface area contributed by atoms with Crippen LogP contribution in [-0.4, -0.2) is 29.2 Å². The molecule has 0 aromatic carbocycles. The first kappa shape index (κ1) is 21.7. The van der Waals surface area contributed by atoms with Gasteiger partial charge in [0.15, 0.2) is 0 Å². The molecule has 1 saturated carbocycles. The van der Waals surface area contributed by atoms with Crippen molar-refractivity contribution in [2.45, 2.75) is 110 Å². The maximum atomic E-state index is 13.8. The molecular formula is C22H34BF2NO2. The van der Waals surface area contributed by atoms with E-state index < -0.39 is 24.2 Å². The minimum absolute atomic E-state index is 0.00958. The summed E-state index contributed by atoms with van der Waals surface area (Å²) in [4.78, 5) is 5.05. The van der Waals surface area contributed by atoms with Crippen LogP contribution >= 0.6 is 0 Å². The summed E-state index contributed by atoms with van der Waals surface area (Å²) in [5.41, 5.74) is 2.86. The Morgan fingerprint density at radius 3 is 2.00 bits per heavy atom. The Bertz CT molecular complexity index is 730. The van der Waals surface area contributed by atoms with Crippen molar-refractivity contribution < 1.29 is 18.1 Å². The zero-order valence-corrected chi connectivity index (χ0v) is 18.6. The highest BCUT2D eigenvalue weighted by molar-refractivity contribution is 6.62. The first-order chi connectivity index (χ1) is 12.6. The second-order valence-corrected chi connectivity index (χ2v) is 10.6. The Morgan fingerprint density at radius 2 is 1.54 bits per heavy atom. The maximum Gasteiger partial charge on any atom is 0.496 e. The van der Waals surface area contributed by atoms with Gasteiger partial charge in [0, 0.05) is 41.0 Å². The minimum Gasteiger partial charge on any atom is -0.399 e. The molecule has 2 aliphatic rings. The average Bonchev–Trinajstić information content (AvgIpc) is 2.74. The fourth-order valence-electron chi connectivity index (χ4n) is 4.21. The Kier molecular flexibility index (Phi) is 5.24. The van der Waals surface area contributed by atoms with Crippen molar-refractivity contribution in [1.82, 2.24) is 4.98 Å². The Balaban J connectivity index is 2.05. The largest absolute Gasteiger partial charge is 0.496 e. The highest BCUT2D eigenvalue weighted by Crippen LogP contribution is 2.42. The summed E-state index contributed by atoms with van der Waals surface area (Å²) in [5.74, 6) is -2.55. The minimum atomic E-state index is -2.56. The van der Waals surface area contributed by atoms with Gasteiger partial charge < -0.3 is 9.31 Å². The molecular weight excluding hydrogens is 359 g/mol. The molecule has 3 nitrogen and oxygen atoms in total. The van der Waals surface area contributed by atoms with Gasteiger partial charge in [0.2, 0.25) is 5.92 Å². The van der Waals surface area contributed by atoms with Crippen molar-refractivity contribution in [2.24, 2.45) is 0 Å². The van der Waals surface area contributed by atoms with Gasteiger partial charge in [-0.2, -0.15) is 0 Å². The normalized spacial score (nSPS) is 24.6. The third-order valence-electron chi connectivity index (χ3n) is 6.59. The van der Waals surface area contributed by atoms with Crippen molar-refractivity contribution in [3.63, 3.8) is 0 Å². The van der Waals surface area contributed by atoms with Crippen LogP contribution in [0.1, 0.15) is 97.0 Å². The Morgan fingerprint density at radius 1 is 1.04 bits per heavy atom. The van der Waals surface area contributed by atoms with E-state index in [4.69, 9.17) is 14.3 Å². The number of nitrogens with zero attached hydrogens (tertiary/aromatic N) is 1. The summed E-state index contributed by atoms with van der Waals surface area (Å²) in [5, 5.41) is 0. The lowest BCUT2D eigenvalue weighted by molar-refractivity contribution is -0.0384. The Hall–Kier alpha value is -1.01. The number of aryl methyl sites for hydroxylation is 1. The van der Waals surface area contributed by atoms with Crippen molar-refractivity contribution >= 4 is 12.6 Å². The van der Waals surface area contributed by atoms with Crippen molar-refractivity contribution in [3.05, 3.63) is 23.0 Å². The van der Waals surface area contributed by atoms with Gasteiger partial charge >= 0.3 is 7.12 Å².